The predicted octanol–water partition coefficient (Wildman–Crippen LogP) is 5.82. The summed E-state index contributed by atoms with van der Waals surface area (Å²) in [6, 6.07) is 5.90. The maximum atomic E-state index is 5.78. The third-order valence-electron chi connectivity index (χ3n) is 4.43. The van der Waals surface area contributed by atoms with E-state index in [9.17, 15) is 0 Å². The molecule has 4 heteroatoms. The molecule has 0 amide bonds. The molecule has 4 nitrogen and oxygen atoms in total. The van der Waals surface area contributed by atoms with E-state index in [0.717, 1.165) is 54.5 Å². The van der Waals surface area contributed by atoms with Gasteiger partial charge in [-0.2, -0.15) is 0 Å². The molecule has 6 aromatic rings. The first-order chi connectivity index (χ1) is 10.9. The minimum absolute atomic E-state index is 0.812. The average Bonchev–Trinajstić information content (AvgIpc) is 3.28. The van der Waals surface area contributed by atoms with Gasteiger partial charge in [0.2, 0.25) is 0 Å². The molecule has 0 fully saturated rings. The Labute approximate surface area is 122 Å². The van der Waals surface area contributed by atoms with Crippen LogP contribution in [0.5, 0.6) is 0 Å². The van der Waals surface area contributed by atoms with Crippen LogP contribution in [-0.2, 0) is 0 Å². The van der Waals surface area contributed by atoms with Crippen molar-refractivity contribution in [3.63, 3.8) is 0 Å². The van der Waals surface area contributed by atoms with Crippen LogP contribution < -0.4 is 0 Å². The zero-order valence-electron chi connectivity index (χ0n) is 11.3. The van der Waals surface area contributed by atoms with Gasteiger partial charge in [0.05, 0.1) is 35.8 Å². The third kappa shape index (κ3) is 1.01. The van der Waals surface area contributed by atoms with E-state index >= 15 is 0 Å². The highest BCUT2D eigenvalue weighted by molar-refractivity contribution is 6.37. The second-order valence-electron chi connectivity index (χ2n) is 5.44. The van der Waals surface area contributed by atoms with Crippen molar-refractivity contribution in [3.8, 4) is 0 Å². The van der Waals surface area contributed by atoms with Gasteiger partial charge in [-0.15, -0.1) is 0 Å². The molecule has 104 valence electrons. The summed E-state index contributed by atoms with van der Waals surface area (Å²) in [7, 11) is 0. The van der Waals surface area contributed by atoms with Crippen molar-refractivity contribution >= 4 is 54.5 Å². The molecule has 0 N–H and O–H groups in total. The maximum absolute atomic E-state index is 5.78. The van der Waals surface area contributed by atoms with Gasteiger partial charge in [0.25, 0.3) is 0 Å². The zero-order valence-corrected chi connectivity index (χ0v) is 11.3. The van der Waals surface area contributed by atoms with E-state index in [-0.39, 0.29) is 0 Å². The Morgan fingerprint density at radius 3 is 1.91 bits per heavy atom. The summed E-state index contributed by atoms with van der Waals surface area (Å²) >= 11 is 0. The fourth-order valence-corrected chi connectivity index (χ4v) is 3.56. The van der Waals surface area contributed by atoms with Crippen LogP contribution in [0.1, 0.15) is 0 Å². The van der Waals surface area contributed by atoms with Gasteiger partial charge < -0.3 is 17.7 Å². The summed E-state index contributed by atoms with van der Waals surface area (Å²) in [5.74, 6) is 0. The molecule has 2 aromatic carbocycles. The maximum Gasteiger partial charge on any atom is 0.146 e. The van der Waals surface area contributed by atoms with Crippen LogP contribution in [0.4, 0.5) is 0 Å². The molecule has 0 aliphatic rings. The SMILES string of the molecule is c1cc2c(o1)c1ccoc1c1c3ccoc3c3cocc3c21. The van der Waals surface area contributed by atoms with E-state index in [2.05, 4.69) is 0 Å². The van der Waals surface area contributed by atoms with Crippen LogP contribution in [0, 0.1) is 0 Å². The molecule has 0 bridgehead atoms. The van der Waals surface area contributed by atoms with Crippen molar-refractivity contribution in [1.82, 2.24) is 0 Å². The van der Waals surface area contributed by atoms with Gasteiger partial charge in [0.1, 0.15) is 23.0 Å². The van der Waals surface area contributed by atoms with Crippen molar-refractivity contribution in [2.24, 2.45) is 0 Å². The van der Waals surface area contributed by atoms with Gasteiger partial charge in [-0.1, -0.05) is 0 Å². The van der Waals surface area contributed by atoms with Gasteiger partial charge in [0.15, 0.2) is 0 Å². The molecule has 0 radical (unpaired) electrons. The largest absolute Gasteiger partial charge is 0.471 e. The molecule has 4 aromatic heterocycles. The van der Waals surface area contributed by atoms with Gasteiger partial charge in [0, 0.05) is 26.9 Å². The minimum Gasteiger partial charge on any atom is -0.471 e. The highest BCUT2D eigenvalue weighted by Gasteiger charge is 2.21. The van der Waals surface area contributed by atoms with E-state index in [1.54, 1.807) is 31.3 Å². The van der Waals surface area contributed by atoms with Crippen LogP contribution in [-0.4, -0.2) is 0 Å². The fraction of sp³-hybridized carbons (Fsp3) is 0. The molecule has 6 rings (SSSR count). The molecule has 0 aliphatic heterocycles. The summed E-state index contributed by atoms with van der Waals surface area (Å²) in [5, 5.41) is 7.11. The molecule has 0 atom stereocenters. The van der Waals surface area contributed by atoms with E-state index < -0.39 is 0 Å². The van der Waals surface area contributed by atoms with Gasteiger partial charge in [-0.25, -0.2) is 0 Å². The lowest BCUT2D eigenvalue weighted by molar-refractivity contribution is 0.571. The highest BCUT2D eigenvalue weighted by atomic mass is 16.3. The molecular formula is C18H8O4. The average molecular weight is 288 g/mol. The monoisotopic (exact) mass is 288 g/mol. The summed E-state index contributed by atoms with van der Waals surface area (Å²) in [6.07, 6.45) is 8.57. The predicted molar refractivity (Wildman–Crippen MR) is 83.0 cm³/mol. The Balaban J connectivity index is 2.19. The first-order valence-corrected chi connectivity index (χ1v) is 6.98. The van der Waals surface area contributed by atoms with Crippen LogP contribution in [0.3, 0.4) is 0 Å². The molecule has 0 spiro atoms. The van der Waals surface area contributed by atoms with Crippen LogP contribution in [0.15, 0.2) is 67.2 Å². The summed E-state index contributed by atoms with van der Waals surface area (Å²) in [4.78, 5) is 0. The Hall–Kier alpha value is -3.14. The van der Waals surface area contributed by atoms with Gasteiger partial charge in [-0.3, -0.25) is 0 Å². The quantitative estimate of drug-likeness (QED) is 0.353. The number of benzene rings is 2. The zero-order chi connectivity index (χ0) is 14.3. The number of rotatable bonds is 0. The van der Waals surface area contributed by atoms with Crippen LogP contribution in [0.25, 0.3) is 54.5 Å². The number of hydrogen-bond donors (Lipinski definition) is 0. The smallest absolute Gasteiger partial charge is 0.146 e. The fourth-order valence-electron chi connectivity index (χ4n) is 3.56. The van der Waals surface area contributed by atoms with E-state index in [1.807, 2.05) is 18.2 Å². The topological polar surface area (TPSA) is 52.6 Å². The number of hydrogen-bond acceptors (Lipinski definition) is 4. The van der Waals surface area contributed by atoms with Crippen molar-refractivity contribution in [1.29, 1.82) is 0 Å². The Morgan fingerprint density at radius 1 is 0.500 bits per heavy atom. The van der Waals surface area contributed by atoms with E-state index in [1.165, 1.54) is 0 Å². The molecular weight excluding hydrogens is 280 g/mol. The summed E-state index contributed by atoms with van der Waals surface area (Å²) in [6.45, 7) is 0. The molecule has 0 aliphatic carbocycles. The van der Waals surface area contributed by atoms with Crippen LogP contribution >= 0.6 is 0 Å². The molecule has 0 saturated carbocycles. The molecule has 22 heavy (non-hydrogen) atoms. The number of fused-ring (bicyclic) bond motifs is 11. The lowest BCUT2D eigenvalue weighted by Gasteiger charge is -2.05. The Bertz CT molecular complexity index is 1120. The Morgan fingerprint density at radius 2 is 1.09 bits per heavy atom. The lowest BCUT2D eigenvalue weighted by Crippen LogP contribution is -1.80. The second-order valence-corrected chi connectivity index (χ2v) is 5.44. The van der Waals surface area contributed by atoms with Crippen molar-refractivity contribution in [3.05, 3.63) is 49.5 Å². The van der Waals surface area contributed by atoms with Crippen molar-refractivity contribution in [2.45, 2.75) is 0 Å². The molecule has 0 saturated heterocycles. The normalized spacial score (nSPS) is 12.5. The summed E-state index contributed by atoms with van der Waals surface area (Å²) in [5.41, 5.74) is 2.46. The van der Waals surface area contributed by atoms with E-state index in [0.29, 0.717) is 0 Å². The minimum atomic E-state index is 0.812. The first-order valence-electron chi connectivity index (χ1n) is 6.98. The van der Waals surface area contributed by atoms with Crippen LogP contribution in [0.2, 0.25) is 0 Å². The summed E-state index contributed by atoms with van der Waals surface area (Å²) < 4.78 is 22.6. The highest BCUT2D eigenvalue weighted by Crippen LogP contribution is 2.44. The van der Waals surface area contributed by atoms with Crippen molar-refractivity contribution in [2.75, 3.05) is 0 Å². The first kappa shape index (κ1) is 10.6. The third-order valence-corrected chi connectivity index (χ3v) is 4.43. The lowest BCUT2D eigenvalue weighted by atomic mass is 9.97. The molecule has 0 unspecified atom stereocenters. The standard InChI is InChI=1S/C18H8O4/c1-4-20-16-9(1)14-12-7-19-8-13(12)17-10(2-5-21-17)15(14)18-11(16)3-6-22-18/h1-8H. The van der Waals surface area contributed by atoms with E-state index in [4.69, 9.17) is 17.7 Å². The number of furan rings is 4. The second kappa shape index (κ2) is 3.36. The van der Waals surface area contributed by atoms with Crippen molar-refractivity contribution < 1.29 is 17.7 Å². The Kier molecular flexibility index (Phi) is 1.61. The molecule has 4 heterocycles. The van der Waals surface area contributed by atoms with Gasteiger partial charge >= 0.3 is 0 Å². The van der Waals surface area contributed by atoms with Gasteiger partial charge in [-0.05, 0) is 18.2 Å².